The summed E-state index contributed by atoms with van der Waals surface area (Å²) in [6, 6.07) is 14.9. The van der Waals surface area contributed by atoms with E-state index in [-0.39, 0.29) is 11.4 Å². The van der Waals surface area contributed by atoms with Gasteiger partial charge < -0.3 is 14.4 Å². The Morgan fingerprint density at radius 3 is 2.37 bits per heavy atom. The zero-order valence-electron chi connectivity index (χ0n) is 14.5. The number of hydrogen-bond acceptors (Lipinski definition) is 5. The Morgan fingerprint density at radius 2 is 1.74 bits per heavy atom. The van der Waals surface area contributed by atoms with Crippen LogP contribution in [0, 0.1) is 22.5 Å². The number of nitrogens with zero attached hydrogens (tertiary/aromatic N) is 2. The van der Waals surface area contributed by atoms with Crippen LogP contribution in [0.25, 0.3) is 0 Å². The summed E-state index contributed by atoms with van der Waals surface area (Å²) >= 11 is 0. The molecule has 27 heavy (non-hydrogen) atoms. The number of amides is 1. The SMILES string of the molecule is C#CC1(Oc2ccccc2[N+](=O)[O-])CCN(C(=O)Oc2ccccc2)CC1. The molecule has 0 N–H and O–H groups in total. The summed E-state index contributed by atoms with van der Waals surface area (Å²) in [5.41, 5.74) is -1.15. The molecule has 0 bridgehead atoms. The van der Waals surface area contributed by atoms with Gasteiger partial charge in [-0.05, 0) is 18.2 Å². The van der Waals surface area contributed by atoms with E-state index in [1.165, 1.54) is 12.1 Å². The van der Waals surface area contributed by atoms with Crippen molar-refractivity contribution in [3.05, 3.63) is 64.7 Å². The second kappa shape index (κ2) is 7.79. The quantitative estimate of drug-likeness (QED) is 0.469. The van der Waals surface area contributed by atoms with Crippen molar-refractivity contribution in [2.45, 2.75) is 18.4 Å². The molecule has 0 saturated carbocycles. The molecule has 7 nitrogen and oxygen atoms in total. The van der Waals surface area contributed by atoms with Gasteiger partial charge in [0.1, 0.15) is 5.75 Å². The predicted molar refractivity (Wildman–Crippen MR) is 98.6 cm³/mol. The Bertz CT molecular complexity index is 867. The largest absolute Gasteiger partial charge is 0.467 e. The number of piperidine rings is 1. The summed E-state index contributed by atoms with van der Waals surface area (Å²) in [7, 11) is 0. The number of benzene rings is 2. The Labute approximate surface area is 156 Å². The van der Waals surface area contributed by atoms with Crippen molar-refractivity contribution in [2.75, 3.05) is 13.1 Å². The fourth-order valence-electron chi connectivity index (χ4n) is 2.89. The Balaban J connectivity index is 1.66. The number of ether oxygens (including phenoxy) is 2. The number of hydrogen-bond donors (Lipinski definition) is 0. The molecule has 2 aromatic carbocycles. The molecule has 7 heteroatoms. The van der Waals surface area contributed by atoms with Gasteiger partial charge in [0.15, 0.2) is 11.4 Å². The molecule has 2 aromatic rings. The van der Waals surface area contributed by atoms with E-state index in [2.05, 4.69) is 5.92 Å². The molecule has 0 radical (unpaired) electrons. The van der Waals surface area contributed by atoms with Crippen molar-refractivity contribution < 1.29 is 19.2 Å². The molecule has 1 fully saturated rings. The summed E-state index contributed by atoms with van der Waals surface area (Å²) in [5, 5.41) is 11.2. The summed E-state index contributed by atoms with van der Waals surface area (Å²) in [5.74, 6) is 3.21. The average Bonchev–Trinajstić information content (AvgIpc) is 2.69. The van der Waals surface area contributed by atoms with Crippen LogP contribution in [0.3, 0.4) is 0 Å². The Kier molecular flexibility index (Phi) is 5.27. The van der Waals surface area contributed by atoms with Gasteiger partial charge in [-0.2, -0.15) is 0 Å². The smallest absolute Gasteiger partial charge is 0.415 e. The molecule has 0 unspecified atom stereocenters. The van der Waals surface area contributed by atoms with E-state index in [1.54, 1.807) is 41.3 Å². The molecule has 1 amide bonds. The number of nitro benzene ring substituents is 1. The second-order valence-electron chi connectivity index (χ2n) is 6.13. The van der Waals surface area contributed by atoms with E-state index >= 15 is 0 Å². The van der Waals surface area contributed by atoms with Gasteiger partial charge in [0, 0.05) is 32.0 Å². The molecule has 0 aliphatic carbocycles. The highest BCUT2D eigenvalue weighted by Gasteiger charge is 2.38. The molecular formula is C20H18N2O5. The molecular weight excluding hydrogens is 348 g/mol. The topological polar surface area (TPSA) is 81.9 Å². The van der Waals surface area contributed by atoms with Crippen LogP contribution in [0.5, 0.6) is 11.5 Å². The van der Waals surface area contributed by atoms with Gasteiger partial charge in [-0.1, -0.05) is 36.3 Å². The summed E-state index contributed by atoms with van der Waals surface area (Å²) in [4.78, 5) is 24.5. The van der Waals surface area contributed by atoms with Crippen molar-refractivity contribution in [3.63, 3.8) is 0 Å². The highest BCUT2D eigenvalue weighted by Crippen LogP contribution is 2.34. The number of carbonyl (C=O) groups is 1. The first kappa shape index (κ1) is 18.3. The highest BCUT2D eigenvalue weighted by atomic mass is 16.6. The minimum Gasteiger partial charge on any atom is -0.467 e. The van der Waals surface area contributed by atoms with Crippen LogP contribution in [0.2, 0.25) is 0 Å². The first-order chi connectivity index (χ1) is 13.0. The van der Waals surface area contributed by atoms with E-state index in [0.29, 0.717) is 31.7 Å². The number of terminal acetylenes is 1. The number of rotatable bonds is 4. The first-order valence-electron chi connectivity index (χ1n) is 8.45. The Morgan fingerprint density at radius 1 is 1.11 bits per heavy atom. The lowest BCUT2D eigenvalue weighted by atomic mass is 9.92. The lowest BCUT2D eigenvalue weighted by Gasteiger charge is -2.37. The third-order valence-corrected chi connectivity index (χ3v) is 4.41. The van der Waals surface area contributed by atoms with E-state index in [0.717, 1.165) is 0 Å². The van der Waals surface area contributed by atoms with Gasteiger partial charge in [0.25, 0.3) is 0 Å². The van der Waals surface area contributed by atoms with Gasteiger partial charge in [-0.15, -0.1) is 6.42 Å². The predicted octanol–water partition coefficient (Wildman–Crippen LogP) is 3.64. The molecule has 0 aromatic heterocycles. The third kappa shape index (κ3) is 4.18. The monoisotopic (exact) mass is 366 g/mol. The summed E-state index contributed by atoms with van der Waals surface area (Å²) < 4.78 is 11.2. The van der Waals surface area contributed by atoms with Gasteiger partial charge in [-0.25, -0.2) is 4.79 Å². The maximum absolute atomic E-state index is 12.3. The lowest BCUT2D eigenvalue weighted by Crippen LogP contribution is -2.49. The second-order valence-corrected chi connectivity index (χ2v) is 6.13. The average molecular weight is 366 g/mol. The van der Waals surface area contributed by atoms with E-state index in [1.807, 2.05) is 6.07 Å². The number of para-hydroxylation sites is 3. The van der Waals surface area contributed by atoms with Crippen LogP contribution in [0.15, 0.2) is 54.6 Å². The maximum Gasteiger partial charge on any atom is 0.415 e. The van der Waals surface area contributed by atoms with E-state index in [4.69, 9.17) is 15.9 Å². The lowest BCUT2D eigenvalue weighted by molar-refractivity contribution is -0.386. The van der Waals surface area contributed by atoms with Gasteiger partial charge >= 0.3 is 11.8 Å². The van der Waals surface area contributed by atoms with E-state index in [9.17, 15) is 14.9 Å². The van der Waals surface area contributed by atoms with Crippen molar-refractivity contribution >= 4 is 11.8 Å². The van der Waals surface area contributed by atoms with Crippen molar-refractivity contribution in [3.8, 4) is 23.8 Å². The zero-order chi connectivity index (χ0) is 19.3. The van der Waals surface area contributed by atoms with Gasteiger partial charge in [0.2, 0.25) is 0 Å². The normalized spacial score (nSPS) is 15.4. The number of nitro groups is 1. The molecule has 138 valence electrons. The first-order valence-corrected chi connectivity index (χ1v) is 8.45. The highest BCUT2D eigenvalue weighted by molar-refractivity contribution is 5.70. The fourth-order valence-corrected chi connectivity index (χ4v) is 2.89. The summed E-state index contributed by atoms with van der Waals surface area (Å²) in [6.07, 6.45) is 5.91. The van der Waals surface area contributed by atoms with E-state index < -0.39 is 16.6 Å². The number of carbonyl (C=O) groups excluding carboxylic acids is 1. The molecule has 0 spiro atoms. The molecule has 1 aliphatic rings. The van der Waals surface area contributed by atoms with Crippen molar-refractivity contribution in [1.29, 1.82) is 0 Å². The molecule has 0 atom stereocenters. The van der Waals surface area contributed by atoms with Gasteiger partial charge in [-0.3, -0.25) is 10.1 Å². The van der Waals surface area contributed by atoms with Crippen LogP contribution >= 0.6 is 0 Å². The van der Waals surface area contributed by atoms with Crippen LogP contribution in [-0.2, 0) is 0 Å². The van der Waals surface area contributed by atoms with Crippen LogP contribution < -0.4 is 9.47 Å². The van der Waals surface area contributed by atoms with Crippen LogP contribution in [0.1, 0.15) is 12.8 Å². The standard InChI is InChI=1S/C20H18N2O5/c1-2-20(27-18-11-7-6-10-17(18)22(24)25)12-14-21(15-13-20)19(23)26-16-8-4-3-5-9-16/h1,3-11H,12-15H2. The fraction of sp³-hybridized carbons (Fsp3) is 0.250. The van der Waals surface area contributed by atoms with Crippen LogP contribution in [-0.4, -0.2) is 34.6 Å². The maximum atomic E-state index is 12.3. The molecule has 3 rings (SSSR count). The third-order valence-electron chi connectivity index (χ3n) is 4.41. The minimum atomic E-state index is -1.00. The summed E-state index contributed by atoms with van der Waals surface area (Å²) in [6.45, 7) is 0.660. The Hall–Kier alpha value is -3.53. The van der Waals surface area contributed by atoms with Gasteiger partial charge in [0.05, 0.1) is 4.92 Å². The molecule has 1 saturated heterocycles. The molecule has 1 aliphatic heterocycles. The zero-order valence-corrected chi connectivity index (χ0v) is 14.5. The van der Waals surface area contributed by atoms with Crippen molar-refractivity contribution in [1.82, 2.24) is 4.90 Å². The molecule has 1 heterocycles. The minimum absolute atomic E-state index is 0.126. The van der Waals surface area contributed by atoms with Crippen molar-refractivity contribution in [2.24, 2.45) is 0 Å². The number of likely N-dealkylation sites (tertiary alicyclic amines) is 1. The van der Waals surface area contributed by atoms with Crippen LogP contribution in [0.4, 0.5) is 10.5 Å².